The Hall–Kier alpha value is -3.23. The molecule has 9 heteroatoms. The van der Waals surface area contributed by atoms with E-state index in [-0.39, 0.29) is 11.5 Å². The summed E-state index contributed by atoms with van der Waals surface area (Å²) < 4.78 is 5.28. The van der Waals surface area contributed by atoms with Crippen molar-refractivity contribution in [2.45, 2.75) is 39.2 Å². The van der Waals surface area contributed by atoms with Crippen molar-refractivity contribution in [2.24, 2.45) is 4.99 Å². The zero-order chi connectivity index (χ0) is 21.2. The van der Waals surface area contributed by atoms with Crippen LogP contribution in [-0.4, -0.2) is 47.5 Å². The molecule has 29 heavy (non-hydrogen) atoms. The van der Waals surface area contributed by atoms with Gasteiger partial charge in [0, 0.05) is 24.7 Å². The molecule has 9 nitrogen and oxygen atoms in total. The molecule has 1 N–H and O–H groups in total. The molecule has 2 aromatic rings. The van der Waals surface area contributed by atoms with Crippen LogP contribution in [0.3, 0.4) is 0 Å². The second-order valence-electron chi connectivity index (χ2n) is 7.87. The van der Waals surface area contributed by atoms with Gasteiger partial charge >= 0.3 is 11.8 Å². The van der Waals surface area contributed by atoms with E-state index >= 15 is 0 Å². The standard InChI is InChI=1S/C20H25N5O4/c1-20(2,3)29-19(26)22-13-8-7-11-24(12-13)16-14-9-5-6-10-15(14)23-18(21-4)17(16)25(27)28/h5-6,9-10H,7-8,11-12H2,1-4H3,(H,21,23)/b22-13-. The van der Waals surface area contributed by atoms with Crippen LogP contribution in [0.4, 0.5) is 22.0 Å². The summed E-state index contributed by atoms with van der Waals surface area (Å²) in [7, 11) is 1.61. The van der Waals surface area contributed by atoms with Crippen LogP contribution in [0.2, 0.25) is 0 Å². The van der Waals surface area contributed by atoms with E-state index in [1.807, 2.05) is 29.2 Å². The number of anilines is 2. The smallest absolute Gasteiger partial charge is 0.434 e. The lowest BCUT2D eigenvalue weighted by Crippen LogP contribution is -2.37. The van der Waals surface area contributed by atoms with Gasteiger partial charge in [0.1, 0.15) is 11.3 Å². The molecule has 3 rings (SSSR count). The highest BCUT2D eigenvalue weighted by molar-refractivity contribution is 6.03. The summed E-state index contributed by atoms with van der Waals surface area (Å²) in [5.41, 5.74) is 1.09. The van der Waals surface area contributed by atoms with Crippen LogP contribution < -0.4 is 10.2 Å². The van der Waals surface area contributed by atoms with Crippen LogP contribution >= 0.6 is 0 Å². The molecule has 1 aliphatic heterocycles. The number of fused-ring (bicyclic) bond motifs is 1. The Bertz CT molecular complexity index is 981. The SMILES string of the molecule is CNc1nc2ccccc2c(N2CCC/C(=N/C(=O)OC(C)(C)C)C2)c1[N+](=O)[O-]. The lowest BCUT2D eigenvalue weighted by molar-refractivity contribution is -0.383. The van der Waals surface area contributed by atoms with Gasteiger partial charge in [-0.1, -0.05) is 18.2 Å². The Morgan fingerprint density at radius 2 is 2.07 bits per heavy atom. The number of carbonyl (C=O) groups excluding carboxylic acids is 1. The minimum absolute atomic E-state index is 0.0790. The second kappa shape index (κ2) is 8.02. The number of piperidine rings is 1. The quantitative estimate of drug-likeness (QED) is 0.609. The molecule has 1 fully saturated rings. The van der Waals surface area contributed by atoms with Crippen molar-refractivity contribution < 1.29 is 14.5 Å². The van der Waals surface area contributed by atoms with Gasteiger partial charge in [-0.2, -0.15) is 4.99 Å². The number of nitrogens with one attached hydrogen (secondary N) is 1. The molecular formula is C20H25N5O4. The number of rotatable bonds is 3. The number of hydrogen-bond donors (Lipinski definition) is 1. The predicted octanol–water partition coefficient (Wildman–Crippen LogP) is 4.16. The first-order chi connectivity index (χ1) is 13.7. The van der Waals surface area contributed by atoms with Crippen molar-refractivity contribution in [3.8, 4) is 0 Å². The number of nitrogens with zero attached hydrogens (tertiary/aromatic N) is 4. The molecule has 0 radical (unpaired) electrons. The molecule has 0 aliphatic carbocycles. The van der Waals surface area contributed by atoms with Gasteiger partial charge in [-0.25, -0.2) is 9.78 Å². The second-order valence-corrected chi connectivity index (χ2v) is 7.87. The summed E-state index contributed by atoms with van der Waals surface area (Å²) in [4.78, 5) is 34.0. The first kappa shape index (κ1) is 20.5. The first-order valence-electron chi connectivity index (χ1n) is 9.49. The molecule has 1 amide bonds. The van der Waals surface area contributed by atoms with Gasteiger partial charge in [0.2, 0.25) is 5.82 Å². The zero-order valence-corrected chi connectivity index (χ0v) is 17.1. The predicted molar refractivity (Wildman–Crippen MR) is 113 cm³/mol. The van der Waals surface area contributed by atoms with E-state index < -0.39 is 16.6 Å². The minimum atomic E-state index is -0.639. The molecular weight excluding hydrogens is 374 g/mol. The van der Waals surface area contributed by atoms with Gasteiger partial charge < -0.3 is 15.0 Å². The lowest BCUT2D eigenvalue weighted by atomic mass is 10.0. The molecule has 1 aliphatic rings. The fourth-order valence-electron chi connectivity index (χ4n) is 3.40. The Morgan fingerprint density at radius 1 is 1.34 bits per heavy atom. The normalized spacial score (nSPS) is 16.1. The summed E-state index contributed by atoms with van der Waals surface area (Å²) in [5.74, 6) is 0.208. The van der Waals surface area contributed by atoms with Crippen molar-refractivity contribution in [2.75, 3.05) is 30.4 Å². The molecule has 154 valence electrons. The zero-order valence-electron chi connectivity index (χ0n) is 17.1. The first-order valence-corrected chi connectivity index (χ1v) is 9.49. The Labute approximate surface area is 168 Å². The van der Waals surface area contributed by atoms with Gasteiger partial charge in [0.25, 0.3) is 0 Å². The number of amides is 1. The number of nitro groups is 1. The average molecular weight is 399 g/mol. The number of benzene rings is 1. The highest BCUT2D eigenvalue weighted by Gasteiger charge is 2.30. The number of ether oxygens (including phenoxy) is 1. The highest BCUT2D eigenvalue weighted by Crippen LogP contribution is 2.40. The molecule has 0 spiro atoms. The summed E-state index contributed by atoms with van der Waals surface area (Å²) in [6, 6.07) is 7.32. The van der Waals surface area contributed by atoms with E-state index in [9.17, 15) is 14.9 Å². The van der Waals surface area contributed by atoms with Crippen molar-refractivity contribution in [1.29, 1.82) is 0 Å². The number of aliphatic imine (C=N–C) groups is 1. The topological polar surface area (TPSA) is 110 Å². The molecule has 0 bridgehead atoms. The lowest BCUT2D eigenvalue weighted by Gasteiger charge is -2.30. The van der Waals surface area contributed by atoms with E-state index in [0.717, 1.165) is 6.42 Å². The summed E-state index contributed by atoms with van der Waals surface area (Å²) in [6.07, 6.45) is 0.731. The maximum atomic E-state index is 12.1. The molecule has 1 aromatic heterocycles. The number of para-hydroxylation sites is 1. The number of hydrogen-bond acceptors (Lipinski definition) is 7. The monoisotopic (exact) mass is 399 g/mol. The summed E-state index contributed by atoms with van der Waals surface area (Å²) >= 11 is 0. The molecule has 0 saturated carbocycles. The number of aromatic nitrogens is 1. The van der Waals surface area contributed by atoms with E-state index in [4.69, 9.17) is 4.74 Å². The molecule has 0 atom stereocenters. The number of carbonyl (C=O) groups is 1. The average Bonchev–Trinajstić information content (AvgIpc) is 2.64. The molecule has 0 unspecified atom stereocenters. The Morgan fingerprint density at radius 3 is 2.72 bits per heavy atom. The van der Waals surface area contributed by atoms with Gasteiger partial charge in [0.15, 0.2) is 0 Å². The largest absolute Gasteiger partial charge is 0.442 e. The van der Waals surface area contributed by atoms with Crippen LogP contribution in [0, 0.1) is 10.1 Å². The third-order valence-corrected chi connectivity index (χ3v) is 4.49. The molecule has 1 aromatic carbocycles. The van der Waals surface area contributed by atoms with Gasteiger partial charge in [0.05, 0.1) is 17.0 Å². The van der Waals surface area contributed by atoms with E-state index in [1.54, 1.807) is 27.8 Å². The third kappa shape index (κ3) is 4.61. The van der Waals surface area contributed by atoms with E-state index in [2.05, 4.69) is 15.3 Å². The molecule has 1 saturated heterocycles. The van der Waals surface area contributed by atoms with E-state index in [0.29, 0.717) is 41.8 Å². The van der Waals surface area contributed by atoms with Crippen LogP contribution in [0.1, 0.15) is 33.6 Å². The van der Waals surface area contributed by atoms with Crippen molar-refractivity contribution in [3.63, 3.8) is 0 Å². The van der Waals surface area contributed by atoms with Crippen molar-refractivity contribution in [1.82, 2.24) is 4.98 Å². The summed E-state index contributed by atoms with van der Waals surface area (Å²) in [6.45, 7) is 6.28. The van der Waals surface area contributed by atoms with Crippen molar-refractivity contribution >= 4 is 39.9 Å². The van der Waals surface area contributed by atoms with Crippen LogP contribution in [-0.2, 0) is 4.74 Å². The van der Waals surface area contributed by atoms with E-state index in [1.165, 1.54) is 0 Å². The third-order valence-electron chi connectivity index (χ3n) is 4.49. The van der Waals surface area contributed by atoms with Gasteiger partial charge in [-0.3, -0.25) is 10.1 Å². The van der Waals surface area contributed by atoms with Crippen molar-refractivity contribution in [3.05, 3.63) is 34.4 Å². The fraction of sp³-hybridized carbons (Fsp3) is 0.450. The van der Waals surface area contributed by atoms with Crippen LogP contribution in [0.25, 0.3) is 10.9 Å². The fourth-order valence-corrected chi connectivity index (χ4v) is 3.40. The van der Waals surface area contributed by atoms with Gasteiger partial charge in [-0.05, 0) is 39.7 Å². The Kier molecular flexibility index (Phi) is 5.67. The minimum Gasteiger partial charge on any atom is -0.442 e. The number of pyridine rings is 1. The maximum Gasteiger partial charge on any atom is 0.434 e. The molecule has 2 heterocycles. The van der Waals surface area contributed by atoms with Gasteiger partial charge in [-0.15, -0.1) is 0 Å². The maximum absolute atomic E-state index is 12.1. The van der Waals surface area contributed by atoms with Crippen LogP contribution in [0.15, 0.2) is 29.3 Å². The van der Waals surface area contributed by atoms with Crippen LogP contribution in [0.5, 0.6) is 0 Å². The summed E-state index contributed by atoms with van der Waals surface area (Å²) in [5, 5.41) is 15.4. The highest BCUT2D eigenvalue weighted by atomic mass is 16.6. The Balaban J connectivity index is 2.04.